The van der Waals surface area contributed by atoms with E-state index in [9.17, 15) is 9.59 Å². The molecule has 146 valence electrons. The third-order valence-corrected chi connectivity index (χ3v) is 5.73. The molecule has 1 aromatic heterocycles. The fraction of sp³-hybridized carbons (Fsp3) is 0.261. The van der Waals surface area contributed by atoms with Crippen LogP contribution in [0.5, 0.6) is 0 Å². The van der Waals surface area contributed by atoms with E-state index < -0.39 is 0 Å². The van der Waals surface area contributed by atoms with Gasteiger partial charge in [0, 0.05) is 36.6 Å². The normalized spacial score (nSPS) is 18.8. The van der Waals surface area contributed by atoms with Gasteiger partial charge in [0.25, 0.3) is 5.91 Å². The number of rotatable bonds is 3. The van der Waals surface area contributed by atoms with Gasteiger partial charge in [0.1, 0.15) is 18.1 Å². The van der Waals surface area contributed by atoms with Crippen molar-refractivity contribution in [3.05, 3.63) is 72.6 Å². The van der Waals surface area contributed by atoms with Crippen LogP contribution in [0.3, 0.4) is 0 Å². The van der Waals surface area contributed by atoms with Crippen LogP contribution in [0.4, 0.5) is 0 Å². The lowest BCUT2D eigenvalue weighted by Crippen LogP contribution is -2.55. The van der Waals surface area contributed by atoms with E-state index >= 15 is 0 Å². The van der Waals surface area contributed by atoms with E-state index in [1.807, 2.05) is 70.1 Å². The lowest BCUT2D eigenvalue weighted by molar-refractivity contribution is -0.136. The van der Waals surface area contributed by atoms with Crippen LogP contribution in [0.1, 0.15) is 23.3 Å². The molecule has 1 unspecified atom stereocenters. The van der Waals surface area contributed by atoms with Crippen LogP contribution < -0.4 is 0 Å². The highest BCUT2D eigenvalue weighted by Gasteiger charge is 2.38. The van der Waals surface area contributed by atoms with E-state index in [2.05, 4.69) is 4.98 Å². The molecule has 2 saturated heterocycles. The fourth-order valence-corrected chi connectivity index (χ4v) is 4.30. The average Bonchev–Trinajstić information content (AvgIpc) is 3.42. The summed E-state index contributed by atoms with van der Waals surface area (Å²) in [5.74, 6) is 0.570. The Morgan fingerprint density at radius 2 is 1.72 bits per heavy atom. The molecular formula is C23H22N4O2. The van der Waals surface area contributed by atoms with E-state index in [1.54, 1.807) is 11.1 Å². The number of nitrogens with zero attached hydrogens (tertiary/aromatic N) is 4. The SMILES string of the molecule is O=C(c1cn(-c2ccccc2)c(-c2ccccc2)n1)N1CC(=O)N2CCCC2C1. The van der Waals surface area contributed by atoms with E-state index in [1.165, 1.54) is 0 Å². The van der Waals surface area contributed by atoms with Gasteiger partial charge in [-0.05, 0) is 25.0 Å². The molecule has 2 aromatic carbocycles. The first-order valence-corrected chi connectivity index (χ1v) is 10.00. The maximum absolute atomic E-state index is 13.2. The van der Waals surface area contributed by atoms with Crippen LogP contribution in [0.25, 0.3) is 17.1 Å². The summed E-state index contributed by atoms with van der Waals surface area (Å²) >= 11 is 0. The molecule has 3 aromatic rings. The van der Waals surface area contributed by atoms with E-state index in [0.29, 0.717) is 18.1 Å². The molecule has 6 heteroatoms. The Morgan fingerprint density at radius 1 is 1.00 bits per heavy atom. The Morgan fingerprint density at radius 3 is 2.48 bits per heavy atom. The van der Waals surface area contributed by atoms with Crippen molar-refractivity contribution in [2.75, 3.05) is 19.6 Å². The lowest BCUT2D eigenvalue weighted by atomic mass is 10.1. The molecule has 2 aliphatic heterocycles. The van der Waals surface area contributed by atoms with Gasteiger partial charge in [0.05, 0.1) is 0 Å². The molecule has 29 heavy (non-hydrogen) atoms. The zero-order chi connectivity index (χ0) is 19.8. The van der Waals surface area contributed by atoms with Gasteiger partial charge in [-0.3, -0.25) is 14.2 Å². The molecule has 0 N–H and O–H groups in total. The number of amides is 2. The first kappa shape index (κ1) is 17.7. The highest BCUT2D eigenvalue weighted by Crippen LogP contribution is 2.26. The molecular weight excluding hydrogens is 364 g/mol. The van der Waals surface area contributed by atoms with Crippen molar-refractivity contribution in [3.63, 3.8) is 0 Å². The zero-order valence-corrected chi connectivity index (χ0v) is 16.1. The van der Waals surface area contributed by atoms with Crippen LogP contribution >= 0.6 is 0 Å². The fourth-order valence-electron chi connectivity index (χ4n) is 4.30. The molecule has 6 nitrogen and oxygen atoms in total. The zero-order valence-electron chi connectivity index (χ0n) is 16.1. The highest BCUT2D eigenvalue weighted by molar-refractivity contribution is 5.96. The summed E-state index contributed by atoms with van der Waals surface area (Å²) in [6.07, 6.45) is 3.76. The predicted octanol–water partition coefficient (Wildman–Crippen LogP) is 2.99. The number of aromatic nitrogens is 2. The maximum atomic E-state index is 13.2. The number of fused-ring (bicyclic) bond motifs is 1. The minimum Gasteiger partial charge on any atom is -0.336 e. The molecule has 2 aliphatic rings. The van der Waals surface area contributed by atoms with Gasteiger partial charge in [0.15, 0.2) is 0 Å². The van der Waals surface area contributed by atoms with Gasteiger partial charge in [-0.15, -0.1) is 0 Å². The van der Waals surface area contributed by atoms with Crippen LogP contribution in [0, 0.1) is 0 Å². The van der Waals surface area contributed by atoms with E-state index in [-0.39, 0.29) is 24.4 Å². The first-order chi connectivity index (χ1) is 14.2. The molecule has 3 heterocycles. The summed E-state index contributed by atoms with van der Waals surface area (Å²) in [7, 11) is 0. The van der Waals surface area contributed by atoms with Gasteiger partial charge in [-0.2, -0.15) is 0 Å². The summed E-state index contributed by atoms with van der Waals surface area (Å²) < 4.78 is 1.94. The molecule has 2 fully saturated rings. The standard InChI is InChI=1S/C23H22N4O2/c28-21-16-25(14-19-12-7-13-26(19)21)23(29)20-15-27(18-10-5-2-6-11-18)22(24-20)17-8-3-1-4-9-17/h1-6,8-11,15,19H,7,12-14,16H2. The number of benzene rings is 2. The summed E-state index contributed by atoms with van der Waals surface area (Å²) in [4.78, 5) is 33.9. The largest absolute Gasteiger partial charge is 0.336 e. The van der Waals surface area contributed by atoms with Crippen molar-refractivity contribution in [2.45, 2.75) is 18.9 Å². The van der Waals surface area contributed by atoms with Crippen molar-refractivity contribution >= 4 is 11.8 Å². The Bertz CT molecular complexity index is 988. The Hall–Kier alpha value is -3.41. The second kappa shape index (κ2) is 7.20. The third kappa shape index (κ3) is 3.20. The molecule has 5 rings (SSSR count). The number of para-hydroxylation sites is 1. The third-order valence-electron chi connectivity index (χ3n) is 5.73. The minimum atomic E-state index is -0.184. The topological polar surface area (TPSA) is 58.4 Å². The quantitative estimate of drug-likeness (QED) is 0.695. The van der Waals surface area contributed by atoms with Crippen molar-refractivity contribution < 1.29 is 9.59 Å². The smallest absolute Gasteiger partial charge is 0.274 e. The Balaban J connectivity index is 1.51. The molecule has 0 bridgehead atoms. The van der Waals surface area contributed by atoms with Crippen molar-refractivity contribution in [2.24, 2.45) is 0 Å². The van der Waals surface area contributed by atoms with Gasteiger partial charge in [-0.25, -0.2) is 4.98 Å². The number of piperazine rings is 1. The summed E-state index contributed by atoms with van der Waals surface area (Å²) in [6, 6.07) is 19.8. The highest BCUT2D eigenvalue weighted by atomic mass is 16.2. The Kier molecular flexibility index (Phi) is 4.39. The predicted molar refractivity (Wildman–Crippen MR) is 110 cm³/mol. The van der Waals surface area contributed by atoms with E-state index in [0.717, 1.165) is 30.6 Å². The summed E-state index contributed by atoms with van der Waals surface area (Å²) in [6.45, 7) is 1.53. The summed E-state index contributed by atoms with van der Waals surface area (Å²) in [5, 5.41) is 0. The lowest BCUT2D eigenvalue weighted by Gasteiger charge is -2.36. The van der Waals surface area contributed by atoms with Crippen LogP contribution in [0.2, 0.25) is 0 Å². The van der Waals surface area contributed by atoms with Crippen molar-refractivity contribution in [1.29, 1.82) is 0 Å². The van der Waals surface area contributed by atoms with Gasteiger partial charge in [-0.1, -0.05) is 48.5 Å². The van der Waals surface area contributed by atoms with Gasteiger partial charge in [0.2, 0.25) is 5.91 Å². The van der Waals surface area contributed by atoms with Crippen molar-refractivity contribution in [3.8, 4) is 17.1 Å². The molecule has 1 atom stereocenters. The number of carbonyl (C=O) groups is 2. The second-order valence-electron chi connectivity index (χ2n) is 7.59. The second-order valence-corrected chi connectivity index (χ2v) is 7.59. The van der Waals surface area contributed by atoms with Crippen molar-refractivity contribution in [1.82, 2.24) is 19.4 Å². The van der Waals surface area contributed by atoms with Crippen LogP contribution in [0.15, 0.2) is 66.9 Å². The average molecular weight is 386 g/mol. The van der Waals surface area contributed by atoms with Gasteiger partial charge >= 0.3 is 0 Å². The number of carbonyl (C=O) groups excluding carboxylic acids is 2. The maximum Gasteiger partial charge on any atom is 0.274 e. The minimum absolute atomic E-state index is 0.0397. The molecule has 0 aliphatic carbocycles. The number of imidazole rings is 1. The Labute approximate surface area is 169 Å². The number of hydrogen-bond acceptors (Lipinski definition) is 3. The number of hydrogen-bond donors (Lipinski definition) is 0. The first-order valence-electron chi connectivity index (χ1n) is 10.00. The molecule has 0 spiro atoms. The van der Waals surface area contributed by atoms with E-state index in [4.69, 9.17) is 0 Å². The van der Waals surface area contributed by atoms with Crippen LogP contribution in [-0.2, 0) is 4.79 Å². The van der Waals surface area contributed by atoms with Crippen LogP contribution in [-0.4, -0.2) is 56.8 Å². The van der Waals surface area contributed by atoms with Gasteiger partial charge < -0.3 is 9.80 Å². The summed E-state index contributed by atoms with van der Waals surface area (Å²) in [5.41, 5.74) is 2.24. The monoisotopic (exact) mass is 386 g/mol. The molecule has 0 saturated carbocycles. The molecule has 0 radical (unpaired) electrons. The molecule has 2 amide bonds.